The molecule has 1 fully saturated rings. The van der Waals surface area contributed by atoms with Crippen LogP contribution in [0.4, 0.5) is 0 Å². The molecule has 0 aromatic heterocycles. The summed E-state index contributed by atoms with van der Waals surface area (Å²) in [6.07, 6.45) is 1.76. The molecule has 0 N–H and O–H groups in total. The van der Waals surface area contributed by atoms with Crippen LogP contribution in [-0.4, -0.2) is 66.8 Å². The second kappa shape index (κ2) is 6.79. The summed E-state index contributed by atoms with van der Waals surface area (Å²) in [7, 11) is 4.00. The predicted molar refractivity (Wildman–Crippen MR) is 98.1 cm³/mol. The lowest BCUT2D eigenvalue weighted by Gasteiger charge is -2.43. The van der Waals surface area contributed by atoms with Crippen LogP contribution < -0.4 is 0 Å². The number of carbonyl (C=O) groups is 2. The number of benzene rings is 1. The van der Waals surface area contributed by atoms with Gasteiger partial charge in [-0.25, -0.2) is 0 Å². The van der Waals surface area contributed by atoms with Crippen LogP contribution in [-0.2, 0) is 21.5 Å². The van der Waals surface area contributed by atoms with E-state index in [9.17, 15) is 9.59 Å². The van der Waals surface area contributed by atoms with Gasteiger partial charge in [0.05, 0.1) is 0 Å². The Morgan fingerprint density at radius 1 is 1.04 bits per heavy atom. The van der Waals surface area contributed by atoms with E-state index in [-0.39, 0.29) is 17.7 Å². The fraction of sp³-hybridized carbons (Fsp3) is 0.600. The van der Waals surface area contributed by atoms with Crippen LogP contribution in [0, 0.1) is 5.92 Å². The second-order valence-corrected chi connectivity index (χ2v) is 7.68. The van der Waals surface area contributed by atoms with E-state index in [1.807, 2.05) is 49.9 Å². The molecule has 1 unspecified atom stereocenters. The third-order valence-corrected chi connectivity index (χ3v) is 5.71. The molecule has 0 radical (unpaired) electrons. The number of hydrogen-bond donors (Lipinski definition) is 0. The lowest BCUT2D eigenvalue weighted by Crippen LogP contribution is -2.59. The van der Waals surface area contributed by atoms with Crippen LogP contribution in [0.15, 0.2) is 24.3 Å². The van der Waals surface area contributed by atoms with Gasteiger partial charge in [-0.1, -0.05) is 38.1 Å². The largest absolute Gasteiger partial charge is 0.339 e. The van der Waals surface area contributed by atoms with E-state index in [0.29, 0.717) is 26.2 Å². The maximum atomic E-state index is 13.5. The molecule has 1 atom stereocenters. The van der Waals surface area contributed by atoms with Crippen LogP contribution in [0.1, 0.15) is 31.4 Å². The maximum absolute atomic E-state index is 13.5. The van der Waals surface area contributed by atoms with E-state index >= 15 is 0 Å². The normalized spacial score (nSPS) is 23.3. The first-order chi connectivity index (χ1) is 11.9. The fourth-order valence-corrected chi connectivity index (χ4v) is 4.23. The molecule has 1 saturated heterocycles. The van der Waals surface area contributed by atoms with Gasteiger partial charge in [0.2, 0.25) is 11.8 Å². The molecule has 2 aliphatic rings. The lowest BCUT2D eigenvalue weighted by atomic mass is 9.88. The van der Waals surface area contributed by atoms with Gasteiger partial charge < -0.3 is 9.80 Å². The number of aryl methyl sites for hydroxylation is 1. The zero-order chi connectivity index (χ0) is 18.2. The van der Waals surface area contributed by atoms with Gasteiger partial charge in [-0.05, 0) is 38.1 Å². The molecule has 1 heterocycles. The first kappa shape index (κ1) is 17.9. The zero-order valence-electron chi connectivity index (χ0n) is 15.8. The molecular formula is C20H29N3O2. The van der Waals surface area contributed by atoms with Gasteiger partial charge in [-0.3, -0.25) is 14.5 Å². The summed E-state index contributed by atoms with van der Waals surface area (Å²) in [5.74, 6) is 0.372. The third-order valence-electron chi connectivity index (χ3n) is 5.71. The van der Waals surface area contributed by atoms with Gasteiger partial charge in [0, 0.05) is 32.1 Å². The number of amides is 2. The molecule has 25 heavy (non-hydrogen) atoms. The number of hydrogen-bond acceptors (Lipinski definition) is 3. The molecule has 2 amide bonds. The Labute approximate surface area is 150 Å². The minimum absolute atomic E-state index is 0.0112. The molecule has 1 aromatic rings. The quantitative estimate of drug-likeness (QED) is 0.839. The van der Waals surface area contributed by atoms with Crippen LogP contribution in [0.2, 0.25) is 0 Å². The molecule has 0 saturated carbocycles. The zero-order valence-corrected chi connectivity index (χ0v) is 15.8. The number of likely N-dealkylation sites (N-methyl/N-ethyl adjacent to an activating group) is 1. The van der Waals surface area contributed by atoms with Crippen molar-refractivity contribution in [3.8, 4) is 0 Å². The number of carbonyl (C=O) groups excluding carboxylic acids is 2. The molecule has 5 heteroatoms. The summed E-state index contributed by atoms with van der Waals surface area (Å²) >= 11 is 0. The van der Waals surface area contributed by atoms with Gasteiger partial charge in [0.1, 0.15) is 5.54 Å². The van der Waals surface area contributed by atoms with Crippen molar-refractivity contribution in [2.24, 2.45) is 5.92 Å². The highest BCUT2D eigenvalue weighted by molar-refractivity contribution is 5.89. The highest BCUT2D eigenvalue weighted by Crippen LogP contribution is 2.42. The Hall–Kier alpha value is -1.88. The summed E-state index contributed by atoms with van der Waals surface area (Å²) < 4.78 is 0. The van der Waals surface area contributed by atoms with Crippen molar-refractivity contribution in [3.63, 3.8) is 0 Å². The van der Waals surface area contributed by atoms with E-state index in [0.717, 1.165) is 18.4 Å². The van der Waals surface area contributed by atoms with Crippen LogP contribution in [0.5, 0.6) is 0 Å². The van der Waals surface area contributed by atoms with Crippen molar-refractivity contribution in [1.29, 1.82) is 0 Å². The Balaban J connectivity index is 1.80. The fourth-order valence-electron chi connectivity index (χ4n) is 4.23. The van der Waals surface area contributed by atoms with Crippen LogP contribution >= 0.6 is 0 Å². The number of fused-ring (bicyclic) bond motifs is 1. The summed E-state index contributed by atoms with van der Waals surface area (Å²) in [4.78, 5) is 31.6. The summed E-state index contributed by atoms with van der Waals surface area (Å²) in [6.45, 7) is 6.36. The van der Waals surface area contributed by atoms with E-state index < -0.39 is 5.54 Å². The highest BCUT2D eigenvalue weighted by Gasteiger charge is 2.49. The second-order valence-electron chi connectivity index (χ2n) is 7.68. The minimum atomic E-state index is -0.569. The average molecular weight is 343 g/mol. The molecule has 0 spiro atoms. The molecule has 0 bridgehead atoms. The molecule has 1 aliphatic heterocycles. The molecule has 1 aliphatic carbocycles. The first-order valence-electron chi connectivity index (χ1n) is 9.22. The Kier molecular flexibility index (Phi) is 4.87. The van der Waals surface area contributed by atoms with Crippen molar-refractivity contribution in [2.75, 3.05) is 40.3 Å². The number of piperazine rings is 1. The minimum Gasteiger partial charge on any atom is -0.339 e. The topological polar surface area (TPSA) is 43.9 Å². The van der Waals surface area contributed by atoms with Crippen molar-refractivity contribution in [2.45, 2.75) is 32.2 Å². The van der Waals surface area contributed by atoms with E-state index in [1.54, 1.807) is 0 Å². The first-order valence-corrected chi connectivity index (χ1v) is 9.22. The van der Waals surface area contributed by atoms with Crippen molar-refractivity contribution >= 4 is 11.8 Å². The van der Waals surface area contributed by atoms with Crippen LogP contribution in [0.3, 0.4) is 0 Å². The SMILES string of the molecule is CC(C)C(=O)N1CCN(C(=O)C2(N(C)C)CCc3ccccc32)CC1. The van der Waals surface area contributed by atoms with Crippen molar-refractivity contribution in [3.05, 3.63) is 35.4 Å². The van der Waals surface area contributed by atoms with E-state index in [2.05, 4.69) is 17.0 Å². The van der Waals surface area contributed by atoms with Gasteiger partial charge in [0.15, 0.2) is 0 Å². The monoisotopic (exact) mass is 343 g/mol. The molecule has 136 valence electrons. The van der Waals surface area contributed by atoms with Gasteiger partial charge >= 0.3 is 0 Å². The standard InChI is InChI=1S/C20H29N3O2/c1-15(2)18(24)22-11-13-23(14-12-22)19(25)20(21(3)4)10-9-16-7-5-6-8-17(16)20/h5-8,15H,9-14H2,1-4H3. The molecular weight excluding hydrogens is 314 g/mol. The third kappa shape index (κ3) is 2.95. The summed E-state index contributed by atoms with van der Waals surface area (Å²) in [6, 6.07) is 8.30. The van der Waals surface area contributed by atoms with E-state index in [1.165, 1.54) is 5.56 Å². The average Bonchev–Trinajstić information content (AvgIpc) is 3.01. The molecule has 3 rings (SSSR count). The Bertz CT molecular complexity index is 663. The number of rotatable bonds is 3. The number of nitrogens with zero attached hydrogens (tertiary/aromatic N) is 3. The predicted octanol–water partition coefficient (Wildman–Crippen LogP) is 1.72. The molecule has 1 aromatic carbocycles. The molecule has 5 nitrogen and oxygen atoms in total. The Morgan fingerprint density at radius 3 is 2.24 bits per heavy atom. The van der Waals surface area contributed by atoms with E-state index in [4.69, 9.17) is 0 Å². The highest BCUT2D eigenvalue weighted by atomic mass is 16.2. The lowest BCUT2D eigenvalue weighted by molar-refractivity contribution is -0.149. The van der Waals surface area contributed by atoms with Gasteiger partial charge in [-0.15, -0.1) is 0 Å². The van der Waals surface area contributed by atoms with Crippen molar-refractivity contribution < 1.29 is 9.59 Å². The smallest absolute Gasteiger partial charge is 0.247 e. The maximum Gasteiger partial charge on any atom is 0.247 e. The Morgan fingerprint density at radius 2 is 1.64 bits per heavy atom. The van der Waals surface area contributed by atoms with Crippen molar-refractivity contribution in [1.82, 2.24) is 14.7 Å². The van der Waals surface area contributed by atoms with Gasteiger partial charge in [-0.2, -0.15) is 0 Å². The summed E-state index contributed by atoms with van der Waals surface area (Å²) in [5, 5.41) is 0. The van der Waals surface area contributed by atoms with Crippen LogP contribution in [0.25, 0.3) is 0 Å². The van der Waals surface area contributed by atoms with Gasteiger partial charge in [0.25, 0.3) is 0 Å². The summed E-state index contributed by atoms with van der Waals surface area (Å²) in [5.41, 5.74) is 1.85.